The Hall–Kier alpha value is -2.98. The zero-order valence-corrected chi connectivity index (χ0v) is 19.3. The molecule has 1 N–H and O–H groups in total. The quantitative estimate of drug-likeness (QED) is 0.370. The maximum absolute atomic E-state index is 12.8. The second-order valence-corrected chi connectivity index (χ2v) is 8.67. The third-order valence-electron chi connectivity index (χ3n) is 4.57. The Morgan fingerprint density at radius 2 is 2.00 bits per heavy atom. The number of amides is 1. The second-order valence-electron chi connectivity index (χ2n) is 6.79. The number of rotatable bonds is 7. The number of benzene rings is 1. The average molecular weight is 499 g/mol. The highest BCUT2D eigenvalue weighted by atomic mass is 79.9. The van der Waals surface area contributed by atoms with Gasteiger partial charge in [0.1, 0.15) is 17.1 Å². The van der Waals surface area contributed by atoms with Crippen LogP contribution in [-0.4, -0.2) is 30.8 Å². The maximum atomic E-state index is 12.8. The molecule has 0 spiro atoms. The number of nitrogens with zero attached hydrogens (tertiary/aromatic N) is 5. The lowest BCUT2D eigenvalue weighted by Crippen LogP contribution is -2.15. The number of aryl methyl sites for hydroxylation is 2. The summed E-state index contributed by atoms with van der Waals surface area (Å²) in [5.74, 6) is 1.31. The minimum atomic E-state index is -0.309. The molecule has 158 valence electrons. The predicted molar refractivity (Wildman–Crippen MR) is 121 cm³/mol. The first-order valence-corrected chi connectivity index (χ1v) is 11.2. The van der Waals surface area contributed by atoms with Crippen LogP contribution in [0, 0.1) is 13.8 Å². The van der Waals surface area contributed by atoms with Gasteiger partial charge in [-0.2, -0.15) is 0 Å². The molecule has 0 radical (unpaired) electrons. The smallest absolute Gasteiger partial charge is 0.260 e. The molecule has 1 amide bonds. The zero-order chi connectivity index (χ0) is 21.8. The first-order chi connectivity index (χ1) is 15.0. The van der Waals surface area contributed by atoms with Crippen LogP contribution in [-0.2, 0) is 12.3 Å². The lowest BCUT2D eigenvalue weighted by atomic mass is 10.2. The summed E-state index contributed by atoms with van der Waals surface area (Å²) >= 11 is 4.88. The minimum Gasteiger partial charge on any atom is -0.361 e. The molecule has 10 heteroatoms. The molecule has 0 aliphatic rings. The molecular formula is C21H19BrN6O2S. The van der Waals surface area contributed by atoms with Crippen molar-refractivity contribution in [2.45, 2.75) is 31.2 Å². The Kier molecular flexibility index (Phi) is 6.47. The van der Waals surface area contributed by atoms with Crippen molar-refractivity contribution in [2.24, 2.45) is 0 Å². The fourth-order valence-corrected chi connectivity index (χ4v) is 4.31. The zero-order valence-electron chi connectivity index (χ0n) is 16.9. The second kappa shape index (κ2) is 9.44. The van der Waals surface area contributed by atoms with Crippen LogP contribution >= 0.6 is 27.7 Å². The van der Waals surface area contributed by atoms with Crippen molar-refractivity contribution in [3.05, 3.63) is 81.5 Å². The van der Waals surface area contributed by atoms with E-state index in [9.17, 15) is 4.79 Å². The van der Waals surface area contributed by atoms with E-state index in [-0.39, 0.29) is 11.9 Å². The molecule has 3 heterocycles. The third-order valence-corrected chi connectivity index (χ3v) is 6.13. The molecule has 4 aromatic rings. The summed E-state index contributed by atoms with van der Waals surface area (Å²) < 4.78 is 7.90. The summed E-state index contributed by atoms with van der Waals surface area (Å²) in [5, 5.41) is 11.7. The van der Waals surface area contributed by atoms with E-state index >= 15 is 0 Å². The van der Waals surface area contributed by atoms with Crippen molar-refractivity contribution in [1.29, 1.82) is 0 Å². The lowest BCUT2D eigenvalue weighted by molar-refractivity contribution is 0.102. The highest BCUT2D eigenvalue weighted by Gasteiger charge is 2.17. The van der Waals surface area contributed by atoms with Crippen molar-refractivity contribution >= 4 is 39.5 Å². The standard InChI is InChI=1S/C21H19BrN6O2S/c1-13-18(14(2)30-27-13)11-31-20-17(4-3-9-23-20)19(29)25-21-24-12-28(26-21)10-15-5-7-16(22)8-6-15/h3-9,12H,10-11H2,1-2H3,(H,25,26,29). The Morgan fingerprint density at radius 1 is 1.19 bits per heavy atom. The number of aromatic nitrogens is 5. The van der Waals surface area contributed by atoms with Crippen molar-refractivity contribution in [1.82, 2.24) is 24.9 Å². The van der Waals surface area contributed by atoms with Crippen LogP contribution < -0.4 is 5.32 Å². The van der Waals surface area contributed by atoms with Gasteiger partial charge in [0.25, 0.3) is 5.91 Å². The largest absolute Gasteiger partial charge is 0.361 e. The summed E-state index contributed by atoms with van der Waals surface area (Å²) in [7, 11) is 0. The maximum Gasteiger partial charge on any atom is 0.260 e. The minimum absolute atomic E-state index is 0.243. The van der Waals surface area contributed by atoms with Gasteiger partial charge in [-0.25, -0.2) is 14.6 Å². The number of hydrogen-bond donors (Lipinski definition) is 1. The van der Waals surface area contributed by atoms with E-state index in [1.807, 2.05) is 38.1 Å². The fourth-order valence-electron chi connectivity index (χ4n) is 2.90. The van der Waals surface area contributed by atoms with E-state index in [1.165, 1.54) is 11.8 Å². The van der Waals surface area contributed by atoms with Gasteiger partial charge in [0, 0.05) is 22.0 Å². The van der Waals surface area contributed by atoms with Crippen LogP contribution in [0.4, 0.5) is 5.95 Å². The topological polar surface area (TPSA) is 98.7 Å². The van der Waals surface area contributed by atoms with E-state index in [0.717, 1.165) is 27.1 Å². The molecule has 4 rings (SSSR count). The van der Waals surface area contributed by atoms with E-state index in [0.29, 0.717) is 22.9 Å². The normalized spacial score (nSPS) is 10.9. The molecule has 1 aromatic carbocycles. The van der Waals surface area contributed by atoms with Crippen molar-refractivity contribution in [3.63, 3.8) is 0 Å². The molecule has 0 bridgehead atoms. The molecular weight excluding hydrogens is 480 g/mol. The molecule has 0 unspecified atom stereocenters. The van der Waals surface area contributed by atoms with Crippen molar-refractivity contribution in [3.8, 4) is 0 Å². The summed E-state index contributed by atoms with van der Waals surface area (Å²) in [6.07, 6.45) is 3.26. The van der Waals surface area contributed by atoms with Gasteiger partial charge in [-0.15, -0.1) is 16.9 Å². The van der Waals surface area contributed by atoms with Gasteiger partial charge in [0.15, 0.2) is 0 Å². The van der Waals surface area contributed by atoms with Crippen LogP contribution in [0.1, 0.15) is 32.9 Å². The van der Waals surface area contributed by atoms with Crippen LogP contribution in [0.2, 0.25) is 0 Å². The van der Waals surface area contributed by atoms with E-state index < -0.39 is 0 Å². The van der Waals surface area contributed by atoms with Crippen molar-refractivity contribution < 1.29 is 9.32 Å². The van der Waals surface area contributed by atoms with Crippen LogP contribution in [0.3, 0.4) is 0 Å². The lowest BCUT2D eigenvalue weighted by Gasteiger charge is -2.07. The predicted octanol–water partition coefficient (Wildman–Crippen LogP) is 4.63. The van der Waals surface area contributed by atoms with Gasteiger partial charge < -0.3 is 4.52 Å². The molecule has 8 nitrogen and oxygen atoms in total. The fraction of sp³-hybridized carbons (Fsp3) is 0.190. The van der Waals surface area contributed by atoms with Crippen LogP contribution in [0.5, 0.6) is 0 Å². The molecule has 0 fully saturated rings. The Balaban J connectivity index is 1.43. The average Bonchev–Trinajstić information content (AvgIpc) is 3.34. The summed E-state index contributed by atoms with van der Waals surface area (Å²) in [6.45, 7) is 4.33. The first-order valence-electron chi connectivity index (χ1n) is 9.44. The monoisotopic (exact) mass is 498 g/mol. The highest BCUT2D eigenvalue weighted by Crippen LogP contribution is 2.27. The number of anilines is 1. The molecule has 0 saturated carbocycles. The summed E-state index contributed by atoms with van der Waals surface area (Å²) in [5.41, 5.74) is 3.39. The number of thioether (sulfide) groups is 1. The number of carbonyl (C=O) groups excluding carboxylic acids is 1. The van der Waals surface area contributed by atoms with Crippen molar-refractivity contribution in [2.75, 3.05) is 5.32 Å². The van der Waals surface area contributed by atoms with Crippen LogP contribution in [0.15, 0.2) is 62.9 Å². The summed E-state index contributed by atoms with van der Waals surface area (Å²) in [6, 6.07) is 11.4. The van der Waals surface area contributed by atoms with E-state index in [2.05, 4.69) is 41.5 Å². The highest BCUT2D eigenvalue weighted by molar-refractivity contribution is 9.10. The number of hydrogen-bond acceptors (Lipinski definition) is 7. The number of nitrogens with one attached hydrogen (secondary N) is 1. The van der Waals surface area contributed by atoms with Gasteiger partial charge in [-0.1, -0.05) is 33.2 Å². The van der Waals surface area contributed by atoms with Gasteiger partial charge in [-0.3, -0.25) is 10.1 Å². The molecule has 31 heavy (non-hydrogen) atoms. The Morgan fingerprint density at radius 3 is 2.74 bits per heavy atom. The van der Waals surface area contributed by atoms with Crippen LogP contribution in [0.25, 0.3) is 0 Å². The molecule has 0 atom stereocenters. The number of halogens is 1. The number of carbonyl (C=O) groups is 1. The molecule has 3 aromatic heterocycles. The van der Waals surface area contributed by atoms with Gasteiger partial charge in [-0.05, 0) is 43.7 Å². The molecule has 0 aliphatic carbocycles. The van der Waals surface area contributed by atoms with Gasteiger partial charge in [0.05, 0.1) is 17.8 Å². The number of pyridine rings is 1. The van der Waals surface area contributed by atoms with Gasteiger partial charge in [0.2, 0.25) is 5.95 Å². The van der Waals surface area contributed by atoms with E-state index in [4.69, 9.17) is 4.52 Å². The summed E-state index contributed by atoms with van der Waals surface area (Å²) in [4.78, 5) is 21.4. The molecule has 0 aliphatic heterocycles. The SMILES string of the molecule is Cc1noc(C)c1CSc1ncccc1C(=O)Nc1ncn(Cc2ccc(Br)cc2)n1. The Bertz CT molecular complexity index is 1190. The third kappa shape index (κ3) is 5.20. The molecule has 0 saturated heterocycles. The first kappa shape index (κ1) is 21.3. The Labute approximate surface area is 191 Å². The van der Waals surface area contributed by atoms with E-state index in [1.54, 1.807) is 29.3 Å². The van der Waals surface area contributed by atoms with Gasteiger partial charge >= 0.3 is 0 Å².